The van der Waals surface area contributed by atoms with E-state index in [4.69, 9.17) is 5.73 Å². The third-order valence-corrected chi connectivity index (χ3v) is 5.84. The zero-order valence-electron chi connectivity index (χ0n) is 13.9. The summed E-state index contributed by atoms with van der Waals surface area (Å²) in [5.41, 5.74) is 4.36. The molecular formula is C14H21N5O5S. The maximum Gasteiger partial charge on any atom is 0.330 e. The molecule has 0 aromatic carbocycles. The lowest BCUT2D eigenvalue weighted by atomic mass is 10.1. The van der Waals surface area contributed by atoms with Crippen LogP contribution in [0.3, 0.4) is 0 Å². The molecule has 0 bridgehead atoms. The van der Waals surface area contributed by atoms with Crippen molar-refractivity contribution in [3.05, 3.63) is 26.4 Å². The topological polar surface area (TPSA) is 139 Å². The lowest BCUT2D eigenvalue weighted by molar-refractivity contribution is 0.0900. The fraction of sp³-hybridized carbons (Fsp3) is 0.643. The Hall–Kier alpha value is -1.98. The number of piperazine rings is 1. The van der Waals surface area contributed by atoms with Gasteiger partial charge in [0.15, 0.2) is 5.78 Å². The number of ketones is 1. The molecule has 1 saturated heterocycles. The summed E-state index contributed by atoms with van der Waals surface area (Å²) in [5, 5.41) is 0. The van der Waals surface area contributed by atoms with Crippen LogP contribution < -0.4 is 17.0 Å². The predicted octanol–water partition coefficient (Wildman–Crippen LogP) is -1.79. The first-order chi connectivity index (χ1) is 11.7. The lowest BCUT2D eigenvalue weighted by Crippen LogP contribution is -2.50. The monoisotopic (exact) mass is 371 g/mol. The third-order valence-electron chi connectivity index (χ3n) is 4.54. The van der Waals surface area contributed by atoms with Crippen molar-refractivity contribution in [1.82, 2.24) is 18.8 Å². The zero-order valence-corrected chi connectivity index (χ0v) is 14.7. The predicted molar refractivity (Wildman–Crippen MR) is 91.2 cm³/mol. The second kappa shape index (κ2) is 6.39. The molecule has 2 fully saturated rings. The average molecular weight is 371 g/mol. The minimum atomic E-state index is -3.25. The van der Waals surface area contributed by atoms with E-state index in [1.807, 2.05) is 0 Å². The second-order valence-electron chi connectivity index (χ2n) is 6.48. The Morgan fingerprint density at radius 1 is 1.20 bits per heavy atom. The number of carbonyl (C=O) groups is 1. The largest absolute Gasteiger partial charge is 0.384 e. The van der Waals surface area contributed by atoms with Gasteiger partial charge in [0.2, 0.25) is 10.0 Å². The Labute approximate surface area is 144 Å². The fourth-order valence-electron chi connectivity index (χ4n) is 3.03. The van der Waals surface area contributed by atoms with E-state index in [1.54, 1.807) is 4.90 Å². The summed E-state index contributed by atoms with van der Waals surface area (Å²) in [6.07, 6.45) is 2.73. The molecule has 1 aliphatic carbocycles. The van der Waals surface area contributed by atoms with E-state index in [1.165, 1.54) is 8.87 Å². The second-order valence-corrected chi connectivity index (χ2v) is 8.46. The smallest absolute Gasteiger partial charge is 0.330 e. The number of hydrogen-bond acceptors (Lipinski definition) is 7. The molecule has 10 nitrogen and oxygen atoms in total. The molecule has 0 spiro atoms. The third kappa shape index (κ3) is 3.67. The van der Waals surface area contributed by atoms with Crippen molar-refractivity contribution in [2.45, 2.75) is 18.9 Å². The minimum absolute atomic E-state index is 0.0479. The number of aromatic amines is 1. The summed E-state index contributed by atoms with van der Waals surface area (Å²) in [5.74, 6) is -0.558. The summed E-state index contributed by atoms with van der Waals surface area (Å²) in [7, 11) is -3.25. The summed E-state index contributed by atoms with van der Waals surface area (Å²) in [6, 6.07) is -0.0609. The first-order valence-electron chi connectivity index (χ1n) is 8.03. The highest BCUT2D eigenvalue weighted by molar-refractivity contribution is 7.88. The molecule has 2 aliphatic rings. The normalized spacial score (nSPS) is 19.9. The molecular weight excluding hydrogens is 350 g/mol. The number of sulfonamides is 1. The highest BCUT2D eigenvalue weighted by Crippen LogP contribution is 2.35. The molecule has 2 heterocycles. The van der Waals surface area contributed by atoms with Gasteiger partial charge in [0.1, 0.15) is 11.4 Å². The van der Waals surface area contributed by atoms with Crippen molar-refractivity contribution in [2.24, 2.45) is 0 Å². The molecule has 1 saturated carbocycles. The van der Waals surface area contributed by atoms with E-state index in [0.717, 1.165) is 19.1 Å². The number of nitrogen functional groups attached to an aromatic ring is 1. The maximum atomic E-state index is 12.6. The van der Waals surface area contributed by atoms with Gasteiger partial charge in [-0.3, -0.25) is 24.0 Å². The molecule has 25 heavy (non-hydrogen) atoms. The number of aromatic nitrogens is 2. The van der Waals surface area contributed by atoms with Gasteiger partial charge < -0.3 is 5.73 Å². The van der Waals surface area contributed by atoms with Crippen molar-refractivity contribution in [3.8, 4) is 0 Å². The van der Waals surface area contributed by atoms with Gasteiger partial charge >= 0.3 is 5.69 Å². The molecule has 0 amide bonds. The van der Waals surface area contributed by atoms with Gasteiger partial charge in [0.05, 0.1) is 12.8 Å². The molecule has 3 N–H and O–H groups in total. The van der Waals surface area contributed by atoms with Crippen LogP contribution in [0, 0.1) is 0 Å². The Morgan fingerprint density at radius 3 is 2.32 bits per heavy atom. The number of hydrogen-bond donors (Lipinski definition) is 2. The molecule has 1 aromatic heterocycles. The van der Waals surface area contributed by atoms with Crippen LogP contribution in [-0.4, -0.2) is 71.9 Å². The van der Waals surface area contributed by atoms with Crippen LogP contribution in [0.2, 0.25) is 0 Å². The summed E-state index contributed by atoms with van der Waals surface area (Å²) < 4.78 is 25.6. The average Bonchev–Trinajstić information content (AvgIpc) is 3.31. The quantitative estimate of drug-likeness (QED) is 0.583. The van der Waals surface area contributed by atoms with Crippen molar-refractivity contribution in [2.75, 3.05) is 44.7 Å². The van der Waals surface area contributed by atoms with Gasteiger partial charge in [-0.25, -0.2) is 13.2 Å². The zero-order chi connectivity index (χ0) is 18.4. The van der Waals surface area contributed by atoms with Crippen molar-refractivity contribution in [3.63, 3.8) is 0 Å². The number of nitrogens with two attached hydrogens (primary N) is 1. The number of rotatable bonds is 5. The van der Waals surface area contributed by atoms with E-state index >= 15 is 0 Å². The number of nitrogens with zero attached hydrogens (tertiary/aromatic N) is 3. The van der Waals surface area contributed by atoms with Crippen LogP contribution in [0.5, 0.6) is 0 Å². The van der Waals surface area contributed by atoms with Gasteiger partial charge in [-0.2, -0.15) is 4.31 Å². The van der Waals surface area contributed by atoms with Gasteiger partial charge in [0.25, 0.3) is 5.56 Å². The van der Waals surface area contributed by atoms with Crippen molar-refractivity contribution < 1.29 is 13.2 Å². The molecule has 1 aromatic rings. The standard InChI is InChI=1S/C14H21N5O5S/c1-25(23,24)18-6-4-17(5-7-18)8-10(20)11-12(15)19(9-2-3-9)14(22)16-13(11)21/h9H,2-8,15H2,1H3,(H,16,21,22). The van der Waals surface area contributed by atoms with Gasteiger partial charge in [-0.1, -0.05) is 0 Å². The van der Waals surface area contributed by atoms with E-state index < -0.39 is 27.1 Å². The van der Waals surface area contributed by atoms with E-state index in [2.05, 4.69) is 4.98 Å². The number of carbonyl (C=O) groups excluding carboxylic acids is 1. The Bertz CT molecular complexity index is 907. The molecule has 1 aliphatic heterocycles. The summed E-state index contributed by atoms with van der Waals surface area (Å²) >= 11 is 0. The van der Waals surface area contributed by atoms with E-state index in [0.29, 0.717) is 26.2 Å². The Kier molecular flexibility index (Phi) is 4.56. The molecule has 0 unspecified atom stereocenters. The van der Waals surface area contributed by atoms with E-state index in [-0.39, 0.29) is 24.0 Å². The highest BCUT2D eigenvalue weighted by atomic mass is 32.2. The molecule has 138 valence electrons. The van der Waals surface area contributed by atoms with Crippen LogP contribution in [0.25, 0.3) is 0 Å². The number of anilines is 1. The first-order valence-corrected chi connectivity index (χ1v) is 9.88. The first kappa shape index (κ1) is 17.8. The number of Topliss-reactive ketones (excluding diaryl/α,β-unsaturated/α-hetero) is 1. The van der Waals surface area contributed by atoms with Crippen molar-refractivity contribution in [1.29, 1.82) is 0 Å². The van der Waals surface area contributed by atoms with Crippen LogP contribution in [0.1, 0.15) is 29.2 Å². The molecule has 0 radical (unpaired) electrons. The van der Waals surface area contributed by atoms with Gasteiger partial charge in [-0.05, 0) is 12.8 Å². The van der Waals surface area contributed by atoms with Crippen LogP contribution >= 0.6 is 0 Å². The lowest BCUT2D eigenvalue weighted by Gasteiger charge is -2.32. The Balaban J connectivity index is 1.76. The minimum Gasteiger partial charge on any atom is -0.384 e. The summed E-state index contributed by atoms with van der Waals surface area (Å²) in [4.78, 5) is 40.4. The highest BCUT2D eigenvalue weighted by Gasteiger charge is 2.31. The SMILES string of the molecule is CS(=O)(=O)N1CCN(CC(=O)c2c(N)n(C3CC3)c(=O)[nH]c2=O)CC1. The molecule has 0 atom stereocenters. The van der Waals surface area contributed by atoms with Crippen molar-refractivity contribution >= 4 is 21.6 Å². The van der Waals surface area contributed by atoms with E-state index in [9.17, 15) is 22.8 Å². The fourth-order valence-corrected chi connectivity index (χ4v) is 3.86. The number of H-pyrrole nitrogens is 1. The number of nitrogens with one attached hydrogen (secondary N) is 1. The van der Waals surface area contributed by atoms with Gasteiger partial charge in [0, 0.05) is 32.2 Å². The molecule has 11 heteroatoms. The summed E-state index contributed by atoms with van der Waals surface area (Å²) in [6.45, 7) is 1.31. The maximum absolute atomic E-state index is 12.6. The molecule has 3 rings (SSSR count). The van der Waals surface area contributed by atoms with Crippen LogP contribution in [0.4, 0.5) is 5.82 Å². The van der Waals surface area contributed by atoms with Gasteiger partial charge in [-0.15, -0.1) is 0 Å². The van der Waals surface area contributed by atoms with Crippen LogP contribution in [-0.2, 0) is 10.0 Å². The van der Waals surface area contributed by atoms with Crippen LogP contribution in [0.15, 0.2) is 9.59 Å². The Morgan fingerprint density at radius 2 is 1.80 bits per heavy atom.